The van der Waals surface area contributed by atoms with Gasteiger partial charge in [0.25, 0.3) is 5.91 Å². The minimum Gasteiger partial charge on any atom is -0.449 e. The van der Waals surface area contributed by atoms with Crippen molar-refractivity contribution in [3.05, 3.63) is 64.7 Å². The van der Waals surface area contributed by atoms with Crippen LogP contribution in [0.4, 0.5) is 5.69 Å². The lowest BCUT2D eigenvalue weighted by Gasteiger charge is -2.19. The number of rotatable bonds is 4. The number of ether oxygens (including phenoxy) is 1. The number of carbonyl (C=O) groups excluding carboxylic acids is 2. The van der Waals surface area contributed by atoms with Crippen LogP contribution < -0.4 is 5.32 Å². The van der Waals surface area contributed by atoms with Crippen LogP contribution in [0.25, 0.3) is 0 Å². The van der Waals surface area contributed by atoms with Gasteiger partial charge in [-0.15, -0.1) is 0 Å². The molecular weight excluding hydrogens is 338 g/mol. The van der Waals surface area contributed by atoms with Gasteiger partial charge in [0.1, 0.15) is 0 Å². The first kappa shape index (κ1) is 19.0. The minimum atomic E-state index is -0.922. The van der Waals surface area contributed by atoms with Crippen molar-refractivity contribution >= 4 is 29.2 Å². The molecule has 2 aromatic rings. The zero-order chi connectivity index (χ0) is 18.6. The average molecular weight is 360 g/mol. The first-order chi connectivity index (χ1) is 11.7. The van der Waals surface area contributed by atoms with Gasteiger partial charge >= 0.3 is 5.97 Å². The van der Waals surface area contributed by atoms with Crippen LogP contribution in [0.5, 0.6) is 0 Å². The number of anilines is 1. The summed E-state index contributed by atoms with van der Waals surface area (Å²) in [7, 11) is 0. The Balaban J connectivity index is 1.98. The molecule has 0 heterocycles. The molecule has 2 aromatic carbocycles. The summed E-state index contributed by atoms with van der Waals surface area (Å²) in [5, 5.41) is 3.18. The van der Waals surface area contributed by atoms with Gasteiger partial charge in [-0.2, -0.15) is 0 Å². The summed E-state index contributed by atoms with van der Waals surface area (Å²) in [6.07, 6.45) is -0.922. The fourth-order valence-corrected chi connectivity index (χ4v) is 2.39. The van der Waals surface area contributed by atoms with Gasteiger partial charge < -0.3 is 10.1 Å². The molecule has 2 rings (SSSR count). The molecule has 132 valence electrons. The Morgan fingerprint density at radius 1 is 1.08 bits per heavy atom. The van der Waals surface area contributed by atoms with Crippen molar-refractivity contribution in [2.75, 3.05) is 5.32 Å². The largest absolute Gasteiger partial charge is 0.449 e. The van der Waals surface area contributed by atoms with Crippen LogP contribution in [0, 0.1) is 0 Å². The molecule has 0 fully saturated rings. The van der Waals surface area contributed by atoms with Gasteiger partial charge in [0, 0.05) is 10.7 Å². The quantitative estimate of drug-likeness (QED) is 0.796. The van der Waals surface area contributed by atoms with Crippen molar-refractivity contribution < 1.29 is 14.3 Å². The monoisotopic (exact) mass is 359 g/mol. The molecule has 0 aliphatic heterocycles. The number of carbonyl (C=O) groups is 2. The fourth-order valence-electron chi connectivity index (χ4n) is 2.20. The normalized spacial score (nSPS) is 12.4. The van der Waals surface area contributed by atoms with E-state index in [-0.39, 0.29) is 5.41 Å². The number of amides is 1. The maximum atomic E-state index is 12.2. The molecule has 0 radical (unpaired) electrons. The molecule has 0 bridgehead atoms. The Hall–Kier alpha value is -2.33. The SMILES string of the molecule is C[C@H](OC(=O)c1ccc(C(C)(C)C)cc1)C(=O)Nc1cccc(Cl)c1. The highest BCUT2D eigenvalue weighted by Crippen LogP contribution is 2.22. The van der Waals surface area contributed by atoms with Crippen molar-refractivity contribution in [2.24, 2.45) is 0 Å². The van der Waals surface area contributed by atoms with E-state index in [1.54, 1.807) is 36.4 Å². The van der Waals surface area contributed by atoms with Crippen molar-refractivity contribution in [1.29, 1.82) is 0 Å². The van der Waals surface area contributed by atoms with E-state index in [0.717, 1.165) is 5.56 Å². The van der Waals surface area contributed by atoms with Gasteiger partial charge in [-0.25, -0.2) is 4.79 Å². The summed E-state index contributed by atoms with van der Waals surface area (Å²) in [5.41, 5.74) is 2.09. The maximum Gasteiger partial charge on any atom is 0.338 e. The summed E-state index contributed by atoms with van der Waals surface area (Å²) in [6, 6.07) is 14.0. The molecule has 0 unspecified atom stereocenters. The van der Waals surface area contributed by atoms with Crippen LogP contribution in [0.2, 0.25) is 5.02 Å². The molecular formula is C20H22ClNO3. The number of esters is 1. The van der Waals surface area contributed by atoms with Gasteiger partial charge in [-0.1, -0.05) is 50.6 Å². The molecule has 25 heavy (non-hydrogen) atoms. The second-order valence-electron chi connectivity index (χ2n) is 6.87. The number of nitrogens with one attached hydrogen (secondary N) is 1. The van der Waals surface area contributed by atoms with Crippen LogP contribution in [-0.4, -0.2) is 18.0 Å². The van der Waals surface area contributed by atoms with E-state index in [4.69, 9.17) is 16.3 Å². The van der Waals surface area contributed by atoms with Gasteiger partial charge in [-0.05, 0) is 48.2 Å². The highest BCUT2D eigenvalue weighted by atomic mass is 35.5. The van der Waals surface area contributed by atoms with Crippen molar-refractivity contribution in [2.45, 2.75) is 39.2 Å². The van der Waals surface area contributed by atoms with Crippen LogP contribution >= 0.6 is 11.6 Å². The van der Waals surface area contributed by atoms with E-state index in [0.29, 0.717) is 16.3 Å². The predicted molar refractivity (Wildman–Crippen MR) is 100 cm³/mol. The van der Waals surface area contributed by atoms with Crippen molar-refractivity contribution in [1.82, 2.24) is 0 Å². The van der Waals surface area contributed by atoms with Gasteiger partial charge in [-0.3, -0.25) is 4.79 Å². The Morgan fingerprint density at radius 2 is 1.72 bits per heavy atom. The van der Waals surface area contributed by atoms with E-state index in [2.05, 4.69) is 26.1 Å². The second kappa shape index (κ2) is 7.70. The lowest BCUT2D eigenvalue weighted by molar-refractivity contribution is -0.123. The number of halogens is 1. The smallest absolute Gasteiger partial charge is 0.338 e. The van der Waals surface area contributed by atoms with Gasteiger partial charge in [0.05, 0.1) is 5.56 Å². The summed E-state index contributed by atoms with van der Waals surface area (Å²) in [6.45, 7) is 7.83. The maximum absolute atomic E-state index is 12.2. The lowest BCUT2D eigenvalue weighted by Crippen LogP contribution is -2.30. The summed E-state index contributed by atoms with van der Waals surface area (Å²) < 4.78 is 5.24. The van der Waals surface area contributed by atoms with Crippen molar-refractivity contribution in [3.63, 3.8) is 0 Å². The zero-order valence-electron chi connectivity index (χ0n) is 14.8. The Morgan fingerprint density at radius 3 is 2.28 bits per heavy atom. The Labute approximate surface area is 153 Å². The third-order valence-corrected chi connectivity index (χ3v) is 3.97. The first-order valence-corrected chi connectivity index (χ1v) is 8.42. The average Bonchev–Trinajstić information content (AvgIpc) is 2.54. The second-order valence-corrected chi connectivity index (χ2v) is 7.31. The number of benzene rings is 2. The third kappa shape index (κ3) is 5.33. The lowest BCUT2D eigenvalue weighted by atomic mass is 9.87. The molecule has 1 amide bonds. The highest BCUT2D eigenvalue weighted by molar-refractivity contribution is 6.30. The van der Waals surface area contributed by atoms with Crippen molar-refractivity contribution in [3.8, 4) is 0 Å². The summed E-state index contributed by atoms with van der Waals surface area (Å²) >= 11 is 5.88. The van der Waals surface area contributed by atoms with E-state index < -0.39 is 18.0 Å². The fraction of sp³-hybridized carbons (Fsp3) is 0.300. The molecule has 0 aliphatic carbocycles. The number of hydrogen-bond acceptors (Lipinski definition) is 3. The minimum absolute atomic E-state index is 0.00652. The number of hydrogen-bond donors (Lipinski definition) is 1. The standard InChI is InChI=1S/C20H22ClNO3/c1-13(18(23)22-17-7-5-6-16(21)12-17)25-19(24)14-8-10-15(11-9-14)20(2,3)4/h5-13H,1-4H3,(H,22,23)/t13-/m0/s1. The molecule has 5 heteroatoms. The Bertz CT molecular complexity index is 763. The van der Waals surface area contributed by atoms with Gasteiger partial charge in [0.2, 0.25) is 0 Å². The Kier molecular flexibility index (Phi) is 5.85. The van der Waals surface area contributed by atoms with E-state index >= 15 is 0 Å². The molecule has 0 aliphatic rings. The topological polar surface area (TPSA) is 55.4 Å². The van der Waals surface area contributed by atoms with Gasteiger partial charge in [0.15, 0.2) is 6.10 Å². The molecule has 4 nitrogen and oxygen atoms in total. The molecule has 0 spiro atoms. The third-order valence-electron chi connectivity index (χ3n) is 3.73. The van der Waals surface area contributed by atoms with E-state index in [1.165, 1.54) is 6.92 Å². The van der Waals surface area contributed by atoms with E-state index in [9.17, 15) is 9.59 Å². The molecule has 0 aromatic heterocycles. The van der Waals surface area contributed by atoms with Crippen LogP contribution in [0.3, 0.4) is 0 Å². The van der Waals surface area contributed by atoms with Crippen LogP contribution in [-0.2, 0) is 14.9 Å². The summed E-state index contributed by atoms with van der Waals surface area (Å²) in [4.78, 5) is 24.3. The van der Waals surface area contributed by atoms with Crippen LogP contribution in [0.1, 0.15) is 43.6 Å². The first-order valence-electron chi connectivity index (χ1n) is 8.05. The predicted octanol–water partition coefficient (Wildman–Crippen LogP) is 4.82. The van der Waals surface area contributed by atoms with E-state index in [1.807, 2.05) is 12.1 Å². The zero-order valence-corrected chi connectivity index (χ0v) is 15.6. The molecule has 1 N–H and O–H groups in total. The highest BCUT2D eigenvalue weighted by Gasteiger charge is 2.20. The molecule has 1 atom stereocenters. The molecule has 0 saturated heterocycles. The molecule has 0 saturated carbocycles. The van der Waals surface area contributed by atoms with Crippen LogP contribution in [0.15, 0.2) is 48.5 Å². The summed E-state index contributed by atoms with van der Waals surface area (Å²) in [5.74, 6) is -0.948.